The van der Waals surface area contributed by atoms with Crippen molar-refractivity contribution in [1.29, 1.82) is 0 Å². The Bertz CT molecular complexity index is 1170. The Morgan fingerprint density at radius 2 is 1.97 bits per heavy atom. The van der Waals surface area contributed by atoms with Crippen LogP contribution >= 0.6 is 10.8 Å². The summed E-state index contributed by atoms with van der Waals surface area (Å²) in [5.41, 5.74) is 7.08. The van der Waals surface area contributed by atoms with E-state index in [0.29, 0.717) is 29.3 Å². The van der Waals surface area contributed by atoms with E-state index in [1.165, 1.54) is 12.5 Å². The summed E-state index contributed by atoms with van der Waals surface area (Å²) >= 11 is 0. The highest BCUT2D eigenvalue weighted by molar-refractivity contribution is 8.23. The molecule has 1 saturated carbocycles. The maximum atomic E-state index is 13.9. The van der Waals surface area contributed by atoms with Crippen LogP contribution in [-0.4, -0.2) is 25.8 Å². The summed E-state index contributed by atoms with van der Waals surface area (Å²) in [6.07, 6.45) is 4.02. The lowest BCUT2D eigenvalue weighted by Crippen LogP contribution is -2.44. The van der Waals surface area contributed by atoms with Gasteiger partial charge in [0.2, 0.25) is 0 Å². The van der Waals surface area contributed by atoms with Crippen LogP contribution in [0.15, 0.2) is 57.3 Å². The van der Waals surface area contributed by atoms with Crippen molar-refractivity contribution in [2.45, 2.75) is 42.9 Å². The number of nitrogens with two attached hydrogens (primary N) is 1. The largest absolute Gasteiger partial charge is 0.506 e. The Hall–Kier alpha value is -2.81. The van der Waals surface area contributed by atoms with Crippen LogP contribution in [0, 0.1) is 5.92 Å². The zero-order valence-electron chi connectivity index (χ0n) is 17.1. The number of hydrogen-bond donors (Lipinski definition) is 5. The Labute approximate surface area is 182 Å². The predicted molar refractivity (Wildman–Crippen MR) is 123 cm³/mol. The third-order valence-corrected chi connectivity index (χ3v) is 8.04. The Morgan fingerprint density at radius 1 is 1.23 bits per heavy atom. The minimum Gasteiger partial charge on any atom is -0.506 e. The minimum atomic E-state index is -3.59. The lowest BCUT2D eigenvalue weighted by Gasteiger charge is -2.41. The van der Waals surface area contributed by atoms with Crippen molar-refractivity contribution in [3.05, 3.63) is 59.2 Å². The Morgan fingerprint density at radius 3 is 2.68 bits per heavy atom. The summed E-state index contributed by atoms with van der Waals surface area (Å²) in [7, 11) is -3.59. The molecule has 6 N–H and O–H groups in total. The zero-order chi connectivity index (χ0) is 22.0. The normalized spacial score (nSPS) is 25.6. The number of amidine groups is 1. The van der Waals surface area contributed by atoms with Gasteiger partial charge in [0.25, 0.3) is 0 Å². The smallest absolute Gasteiger partial charge is 0.180 e. The number of nitrogens with one attached hydrogen (secondary N) is 1. The second kappa shape index (κ2) is 6.85. The summed E-state index contributed by atoms with van der Waals surface area (Å²) < 4.78 is 25.4. The SMILES string of the molecule is CC1(CC2CCC2)C(=O)C(C2=NS(O)(O)c3cc(N)ccc3N2)=C(O)c2ccccc21. The number of nitrogen functional groups attached to an aromatic ring is 1. The third-order valence-electron chi connectivity index (χ3n) is 6.67. The fraction of sp³-hybridized carbons (Fsp3) is 0.304. The van der Waals surface area contributed by atoms with Crippen LogP contribution < -0.4 is 11.1 Å². The Balaban J connectivity index is 1.66. The van der Waals surface area contributed by atoms with Crippen molar-refractivity contribution in [2.75, 3.05) is 11.1 Å². The van der Waals surface area contributed by atoms with Gasteiger partial charge >= 0.3 is 0 Å². The molecule has 3 aliphatic rings. The molecular weight excluding hydrogens is 414 g/mol. The van der Waals surface area contributed by atoms with Gasteiger partial charge in [-0.25, -0.2) is 0 Å². The maximum Gasteiger partial charge on any atom is 0.180 e. The van der Waals surface area contributed by atoms with Gasteiger partial charge in [0.05, 0.1) is 11.1 Å². The zero-order valence-corrected chi connectivity index (χ0v) is 17.9. The molecule has 2 aliphatic carbocycles. The average molecular weight is 440 g/mol. The van der Waals surface area contributed by atoms with Crippen molar-refractivity contribution in [3.8, 4) is 0 Å². The highest BCUT2D eigenvalue weighted by Crippen LogP contribution is 2.57. The molecule has 0 aromatic heterocycles. The number of nitrogens with zero attached hydrogens (tertiary/aromatic N) is 1. The molecule has 1 atom stereocenters. The fourth-order valence-corrected chi connectivity index (χ4v) is 6.01. The van der Waals surface area contributed by atoms with Gasteiger partial charge in [-0.3, -0.25) is 13.9 Å². The molecule has 2 aromatic rings. The second-order valence-electron chi connectivity index (χ2n) is 8.77. The first-order valence-electron chi connectivity index (χ1n) is 10.3. The van der Waals surface area contributed by atoms with E-state index in [2.05, 4.69) is 9.71 Å². The summed E-state index contributed by atoms with van der Waals surface area (Å²) in [6.45, 7) is 1.91. The van der Waals surface area contributed by atoms with Crippen LogP contribution in [0.3, 0.4) is 0 Å². The van der Waals surface area contributed by atoms with E-state index in [4.69, 9.17) is 5.73 Å². The van der Waals surface area contributed by atoms with E-state index < -0.39 is 16.2 Å². The molecule has 7 nitrogen and oxygen atoms in total. The maximum absolute atomic E-state index is 13.9. The summed E-state index contributed by atoms with van der Waals surface area (Å²) in [5.74, 6) is -0.0501. The van der Waals surface area contributed by atoms with E-state index in [1.807, 2.05) is 25.1 Å². The number of anilines is 2. The quantitative estimate of drug-likeness (QED) is 0.422. The van der Waals surface area contributed by atoms with Gasteiger partial charge in [0.1, 0.15) is 16.2 Å². The van der Waals surface area contributed by atoms with Crippen molar-refractivity contribution in [3.63, 3.8) is 0 Å². The third kappa shape index (κ3) is 3.05. The second-order valence-corrected chi connectivity index (χ2v) is 10.4. The molecule has 31 heavy (non-hydrogen) atoms. The number of fused-ring (bicyclic) bond motifs is 2. The monoisotopic (exact) mass is 439 g/mol. The number of ketones is 1. The molecule has 0 saturated heterocycles. The highest BCUT2D eigenvalue weighted by Gasteiger charge is 2.48. The number of benzene rings is 2. The standard InChI is InChI=1S/C23H25N3O4S/c1-23(12-13-5-4-6-13)16-8-3-2-7-15(16)20(27)19(21(23)28)22-25-17-10-9-14(24)11-18(17)31(29,30)26-22/h2-3,7-11,13,27,29-30H,4-6,12,24H2,1H3,(H,25,26). The van der Waals surface area contributed by atoms with Gasteiger partial charge in [-0.15, -0.1) is 4.40 Å². The first-order valence-corrected chi connectivity index (χ1v) is 11.8. The van der Waals surface area contributed by atoms with Gasteiger partial charge in [0, 0.05) is 11.3 Å². The van der Waals surface area contributed by atoms with Crippen molar-refractivity contribution in [2.24, 2.45) is 10.3 Å². The van der Waals surface area contributed by atoms with Crippen LogP contribution in [0.1, 0.15) is 43.7 Å². The van der Waals surface area contributed by atoms with Crippen molar-refractivity contribution >= 4 is 39.5 Å². The number of rotatable bonds is 3. The molecule has 2 aromatic carbocycles. The number of Topliss-reactive ketones (excluding diaryl/α,β-unsaturated/α-hetero) is 1. The molecule has 1 unspecified atom stereocenters. The van der Waals surface area contributed by atoms with Crippen LogP contribution in [0.25, 0.3) is 5.76 Å². The fourth-order valence-electron chi connectivity index (χ4n) is 4.81. The summed E-state index contributed by atoms with van der Waals surface area (Å²) in [4.78, 5) is 14.0. The Kier molecular flexibility index (Phi) is 4.44. The molecular formula is C23H25N3O4S. The van der Waals surface area contributed by atoms with E-state index >= 15 is 0 Å². The molecule has 0 spiro atoms. The van der Waals surface area contributed by atoms with Gasteiger partial charge in [0.15, 0.2) is 11.6 Å². The van der Waals surface area contributed by atoms with Gasteiger partial charge in [-0.2, -0.15) is 0 Å². The van der Waals surface area contributed by atoms with Gasteiger partial charge in [-0.05, 0) is 43.0 Å². The molecule has 162 valence electrons. The number of carbonyl (C=O) groups is 1. The van der Waals surface area contributed by atoms with Crippen LogP contribution in [0.5, 0.6) is 0 Å². The van der Waals surface area contributed by atoms with E-state index in [-0.39, 0.29) is 27.8 Å². The van der Waals surface area contributed by atoms with Crippen molar-refractivity contribution in [1.82, 2.24) is 0 Å². The van der Waals surface area contributed by atoms with Crippen LogP contribution in [0.4, 0.5) is 11.4 Å². The molecule has 8 heteroatoms. The lowest BCUT2D eigenvalue weighted by atomic mass is 9.63. The molecule has 1 fully saturated rings. The first-order chi connectivity index (χ1) is 14.7. The number of hydrogen-bond acceptors (Lipinski definition) is 7. The van der Waals surface area contributed by atoms with Gasteiger partial charge < -0.3 is 16.2 Å². The molecule has 5 rings (SSSR count). The predicted octanol–water partition coefficient (Wildman–Crippen LogP) is 5.12. The molecule has 0 bridgehead atoms. The van der Waals surface area contributed by atoms with E-state index in [0.717, 1.165) is 18.4 Å². The van der Waals surface area contributed by atoms with E-state index in [1.54, 1.807) is 18.2 Å². The molecule has 1 aliphatic heterocycles. The molecule has 1 heterocycles. The highest BCUT2D eigenvalue weighted by atomic mass is 32.3. The van der Waals surface area contributed by atoms with Crippen molar-refractivity contribution < 1.29 is 19.0 Å². The van der Waals surface area contributed by atoms with E-state index in [9.17, 15) is 19.0 Å². The van der Waals surface area contributed by atoms with Crippen LogP contribution in [0.2, 0.25) is 0 Å². The van der Waals surface area contributed by atoms with Crippen LogP contribution in [-0.2, 0) is 10.2 Å². The lowest BCUT2D eigenvalue weighted by molar-refractivity contribution is -0.121. The summed E-state index contributed by atoms with van der Waals surface area (Å²) in [5, 5.41) is 14.1. The summed E-state index contributed by atoms with van der Waals surface area (Å²) in [6, 6.07) is 12.0. The number of carbonyl (C=O) groups excluding carboxylic acids is 1. The first kappa shape index (κ1) is 20.1. The number of aliphatic hydroxyl groups is 1. The number of aliphatic hydroxyl groups excluding tert-OH is 1. The minimum absolute atomic E-state index is 0.0111. The van der Waals surface area contributed by atoms with Gasteiger partial charge in [-0.1, -0.05) is 54.3 Å². The molecule has 0 amide bonds. The molecule has 0 radical (unpaired) electrons. The average Bonchev–Trinajstić information content (AvgIpc) is 2.70. The topological polar surface area (TPSA) is 128 Å².